The van der Waals surface area contributed by atoms with Crippen LogP contribution < -0.4 is 5.32 Å². The van der Waals surface area contributed by atoms with E-state index in [0.717, 1.165) is 0 Å². The molecule has 0 spiro atoms. The minimum atomic E-state index is -4.84. The number of hydrogen-bond acceptors (Lipinski definition) is 1. The molecule has 110 valence electrons. The number of alkyl halides is 6. The van der Waals surface area contributed by atoms with Gasteiger partial charge in [0.25, 0.3) is 0 Å². The number of benzene rings is 1. The Balaban J connectivity index is 3.20. The molecule has 0 fully saturated rings. The van der Waals surface area contributed by atoms with Crippen LogP contribution in [-0.2, 0) is 12.4 Å². The Bertz CT molecular complexity index is 486. The highest BCUT2D eigenvalue weighted by Gasteiger charge is 2.36. The normalized spacial score (nSPS) is 11.9. The molecule has 1 aromatic carbocycles. The third-order valence-electron chi connectivity index (χ3n) is 2.32. The molecule has 0 amide bonds. The monoisotopic (exact) mass is 295 g/mol. The molecule has 20 heavy (non-hydrogen) atoms. The third kappa shape index (κ3) is 4.78. The van der Waals surface area contributed by atoms with Gasteiger partial charge in [-0.25, -0.2) is 0 Å². The van der Waals surface area contributed by atoms with Crippen molar-refractivity contribution >= 4 is 0 Å². The molecule has 0 aliphatic heterocycles. The first kappa shape index (κ1) is 16.4. The molecule has 0 aliphatic rings. The smallest absolute Gasteiger partial charge is 0.319 e. The topological polar surface area (TPSA) is 12.0 Å². The molecule has 7 heteroatoms. The van der Waals surface area contributed by atoms with Crippen LogP contribution in [0.4, 0.5) is 26.3 Å². The van der Waals surface area contributed by atoms with Crippen molar-refractivity contribution in [1.82, 2.24) is 5.32 Å². The Morgan fingerprint density at radius 3 is 1.85 bits per heavy atom. The maximum atomic E-state index is 12.6. The van der Waals surface area contributed by atoms with E-state index in [0.29, 0.717) is 25.1 Å². The average molecular weight is 295 g/mol. The molecule has 1 aromatic rings. The first-order chi connectivity index (χ1) is 9.14. The van der Waals surface area contributed by atoms with Crippen molar-refractivity contribution < 1.29 is 26.3 Å². The summed E-state index contributed by atoms with van der Waals surface area (Å²) in [5, 5.41) is 2.76. The molecule has 0 heterocycles. The quantitative estimate of drug-likeness (QED) is 0.498. The van der Waals surface area contributed by atoms with Gasteiger partial charge >= 0.3 is 12.4 Å². The van der Waals surface area contributed by atoms with Gasteiger partial charge in [-0.3, -0.25) is 0 Å². The van der Waals surface area contributed by atoms with Crippen LogP contribution in [0, 0.1) is 11.8 Å². The van der Waals surface area contributed by atoms with E-state index >= 15 is 0 Å². The zero-order chi connectivity index (χ0) is 15.4. The van der Waals surface area contributed by atoms with E-state index in [2.05, 4.69) is 17.2 Å². The SMILES string of the molecule is CNCCC#Cc1cc(C(F)(F)F)cc(C(F)(F)F)c1. The maximum Gasteiger partial charge on any atom is 0.416 e. The highest BCUT2D eigenvalue weighted by Crippen LogP contribution is 2.36. The van der Waals surface area contributed by atoms with Crippen LogP contribution in [0.3, 0.4) is 0 Å². The summed E-state index contributed by atoms with van der Waals surface area (Å²) in [7, 11) is 1.66. The van der Waals surface area contributed by atoms with Gasteiger partial charge in [-0.05, 0) is 25.2 Å². The lowest BCUT2D eigenvalue weighted by atomic mass is 10.0. The highest BCUT2D eigenvalue weighted by molar-refractivity contribution is 5.42. The molecule has 0 saturated heterocycles. The standard InChI is InChI=1S/C13H11F6N/c1-20-5-3-2-4-9-6-10(12(14,15)16)8-11(7-9)13(17,18)19/h6-8,20H,3,5H2,1H3. The van der Waals surface area contributed by atoms with Crippen molar-refractivity contribution in [2.45, 2.75) is 18.8 Å². The van der Waals surface area contributed by atoms with Crippen LogP contribution in [0.1, 0.15) is 23.1 Å². The molecule has 0 radical (unpaired) electrons. The zero-order valence-electron chi connectivity index (χ0n) is 10.4. The summed E-state index contributed by atoms with van der Waals surface area (Å²) in [6, 6.07) is 1.31. The van der Waals surface area contributed by atoms with Crippen LogP contribution in [0.15, 0.2) is 18.2 Å². The summed E-state index contributed by atoms with van der Waals surface area (Å²) in [6.07, 6.45) is -9.36. The summed E-state index contributed by atoms with van der Waals surface area (Å²) in [5.41, 5.74) is -3.02. The van der Waals surface area contributed by atoms with Crippen LogP contribution in [0.5, 0.6) is 0 Å². The van der Waals surface area contributed by atoms with E-state index in [1.165, 1.54) is 0 Å². The Labute approximate surface area is 112 Å². The zero-order valence-corrected chi connectivity index (χ0v) is 10.4. The van der Waals surface area contributed by atoms with E-state index in [4.69, 9.17) is 0 Å². The Kier molecular flexibility index (Phi) is 5.06. The summed E-state index contributed by atoms with van der Waals surface area (Å²) >= 11 is 0. The lowest BCUT2D eigenvalue weighted by Crippen LogP contribution is -2.11. The van der Waals surface area contributed by atoms with E-state index in [1.807, 2.05) is 0 Å². The van der Waals surface area contributed by atoms with Crippen molar-refractivity contribution in [2.24, 2.45) is 0 Å². The van der Waals surface area contributed by atoms with E-state index < -0.39 is 23.5 Å². The van der Waals surface area contributed by atoms with Crippen molar-refractivity contribution in [3.05, 3.63) is 34.9 Å². The first-order valence-corrected chi connectivity index (χ1v) is 5.57. The van der Waals surface area contributed by atoms with E-state index in [9.17, 15) is 26.3 Å². The molecule has 1 rings (SSSR count). The summed E-state index contributed by atoms with van der Waals surface area (Å²) in [5.74, 6) is 4.83. The molecular weight excluding hydrogens is 284 g/mol. The van der Waals surface area contributed by atoms with Crippen LogP contribution >= 0.6 is 0 Å². The third-order valence-corrected chi connectivity index (χ3v) is 2.32. The second kappa shape index (κ2) is 6.18. The summed E-state index contributed by atoms with van der Waals surface area (Å²) in [4.78, 5) is 0. The van der Waals surface area contributed by atoms with Crippen molar-refractivity contribution in [3.63, 3.8) is 0 Å². The van der Waals surface area contributed by atoms with Crippen molar-refractivity contribution in [2.75, 3.05) is 13.6 Å². The lowest BCUT2D eigenvalue weighted by Gasteiger charge is -2.12. The molecule has 0 unspecified atom stereocenters. The van der Waals surface area contributed by atoms with Gasteiger partial charge in [-0.1, -0.05) is 11.8 Å². The van der Waals surface area contributed by atoms with Gasteiger partial charge in [0.1, 0.15) is 0 Å². The number of hydrogen-bond donors (Lipinski definition) is 1. The summed E-state index contributed by atoms with van der Waals surface area (Å²) in [6.45, 7) is 0.498. The molecular formula is C13H11F6N. The molecule has 1 nitrogen and oxygen atoms in total. The highest BCUT2D eigenvalue weighted by atomic mass is 19.4. The van der Waals surface area contributed by atoms with Crippen molar-refractivity contribution in [3.8, 4) is 11.8 Å². The molecule has 0 aliphatic carbocycles. The minimum absolute atomic E-state index is 0.0821. The summed E-state index contributed by atoms with van der Waals surface area (Å²) < 4.78 is 75.3. The fourth-order valence-electron chi connectivity index (χ4n) is 1.38. The van der Waals surface area contributed by atoms with Gasteiger partial charge in [0, 0.05) is 18.5 Å². The largest absolute Gasteiger partial charge is 0.416 e. The van der Waals surface area contributed by atoms with Crippen LogP contribution in [-0.4, -0.2) is 13.6 Å². The Morgan fingerprint density at radius 1 is 0.950 bits per heavy atom. The Morgan fingerprint density at radius 2 is 1.45 bits per heavy atom. The molecule has 1 N–H and O–H groups in total. The van der Waals surface area contributed by atoms with Crippen molar-refractivity contribution in [1.29, 1.82) is 0 Å². The van der Waals surface area contributed by atoms with Gasteiger partial charge < -0.3 is 5.32 Å². The van der Waals surface area contributed by atoms with Gasteiger partial charge in [-0.2, -0.15) is 26.3 Å². The predicted octanol–water partition coefficient (Wildman–Crippen LogP) is 3.69. The van der Waals surface area contributed by atoms with Crippen LogP contribution in [0.25, 0.3) is 0 Å². The fraction of sp³-hybridized carbons (Fsp3) is 0.385. The number of nitrogens with one attached hydrogen (secondary N) is 1. The Hall–Kier alpha value is -1.68. The van der Waals surface area contributed by atoms with Gasteiger partial charge in [0.2, 0.25) is 0 Å². The number of halogens is 6. The fourth-order valence-corrected chi connectivity index (χ4v) is 1.38. The maximum absolute atomic E-state index is 12.6. The number of rotatable bonds is 2. The van der Waals surface area contributed by atoms with Gasteiger partial charge in [0.15, 0.2) is 0 Å². The molecule has 0 atom stereocenters. The molecule has 0 saturated carbocycles. The first-order valence-electron chi connectivity index (χ1n) is 5.57. The van der Waals surface area contributed by atoms with E-state index in [-0.39, 0.29) is 11.6 Å². The van der Waals surface area contributed by atoms with E-state index in [1.54, 1.807) is 7.05 Å². The molecule has 0 bridgehead atoms. The average Bonchev–Trinajstić information content (AvgIpc) is 2.32. The molecule has 0 aromatic heterocycles. The second-order valence-electron chi connectivity index (χ2n) is 3.95. The van der Waals surface area contributed by atoms with Gasteiger partial charge in [-0.15, -0.1) is 0 Å². The van der Waals surface area contributed by atoms with Gasteiger partial charge in [0.05, 0.1) is 11.1 Å². The lowest BCUT2D eigenvalue weighted by molar-refractivity contribution is -0.143. The predicted molar refractivity (Wildman–Crippen MR) is 61.9 cm³/mol. The minimum Gasteiger partial charge on any atom is -0.319 e. The second-order valence-corrected chi connectivity index (χ2v) is 3.95. The van der Waals surface area contributed by atoms with Crippen LogP contribution in [0.2, 0.25) is 0 Å².